The Bertz CT molecular complexity index is 509. The Morgan fingerprint density at radius 2 is 2.00 bits per heavy atom. The zero-order valence-electron chi connectivity index (χ0n) is 14.6. The van der Waals surface area contributed by atoms with Crippen molar-refractivity contribution in [3.63, 3.8) is 0 Å². The number of carbonyl (C=O) groups excluding carboxylic acids is 2. The monoisotopic (exact) mass is 352 g/mol. The van der Waals surface area contributed by atoms with Gasteiger partial charge in [0.05, 0.1) is 5.00 Å². The van der Waals surface area contributed by atoms with Gasteiger partial charge in [0, 0.05) is 32.1 Å². The quantitative estimate of drug-likeness (QED) is 0.792. The van der Waals surface area contributed by atoms with E-state index in [9.17, 15) is 9.59 Å². The summed E-state index contributed by atoms with van der Waals surface area (Å²) in [6.45, 7) is 9.11. The Kier molecular flexibility index (Phi) is 7.52. The highest BCUT2D eigenvalue weighted by atomic mass is 32.1. The predicted octanol–water partition coefficient (Wildman–Crippen LogP) is 2.45. The first-order valence-corrected chi connectivity index (χ1v) is 9.61. The number of piperidine rings is 1. The highest BCUT2D eigenvalue weighted by molar-refractivity contribution is 7.14. The second-order valence-electron chi connectivity index (χ2n) is 5.99. The SMILES string of the molecule is CCN(CC)CCNC(=O)C1CCN(C(=O)Nc2cccs2)CC1. The molecular weight excluding hydrogens is 324 g/mol. The summed E-state index contributed by atoms with van der Waals surface area (Å²) < 4.78 is 0. The lowest BCUT2D eigenvalue weighted by Crippen LogP contribution is -2.45. The molecule has 1 saturated heterocycles. The van der Waals surface area contributed by atoms with Crippen LogP contribution in [-0.2, 0) is 4.79 Å². The van der Waals surface area contributed by atoms with Crippen molar-refractivity contribution < 1.29 is 9.59 Å². The van der Waals surface area contributed by atoms with E-state index in [1.807, 2.05) is 17.5 Å². The summed E-state index contributed by atoms with van der Waals surface area (Å²) in [5.74, 6) is 0.146. The van der Waals surface area contributed by atoms with Crippen LogP contribution < -0.4 is 10.6 Å². The minimum atomic E-state index is -0.0714. The van der Waals surface area contributed by atoms with Gasteiger partial charge in [-0.25, -0.2) is 4.79 Å². The van der Waals surface area contributed by atoms with Crippen LogP contribution in [0.1, 0.15) is 26.7 Å². The number of nitrogens with one attached hydrogen (secondary N) is 2. The summed E-state index contributed by atoms with van der Waals surface area (Å²) >= 11 is 1.51. The van der Waals surface area contributed by atoms with E-state index in [0.29, 0.717) is 19.6 Å². The maximum absolute atomic E-state index is 12.2. The summed E-state index contributed by atoms with van der Waals surface area (Å²) in [7, 11) is 0. The topological polar surface area (TPSA) is 64.7 Å². The fourth-order valence-corrected chi connectivity index (χ4v) is 3.51. The van der Waals surface area contributed by atoms with Gasteiger partial charge in [0.2, 0.25) is 5.91 Å². The van der Waals surface area contributed by atoms with Crippen LogP contribution in [0.5, 0.6) is 0 Å². The molecule has 0 aliphatic carbocycles. The maximum atomic E-state index is 12.2. The van der Waals surface area contributed by atoms with Gasteiger partial charge >= 0.3 is 6.03 Å². The number of urea groups is 1. The molecule has 3 amide bonds. The van der Waals surface area contributed by atoms with Crippen molar-refractivity contribution in [2.45, 2.75) is 26.7 Å². The van der Waals surface area contributed by atoms with Gasteiger partial charge in [-0.15, -0.1) is 11.3 Å². The van der Waals surface area contributed by atoms with Crippen molar-refractivity contribution in [3.05, 3.63) is 17.5 Å². The molecule has 2 heterocycles. The van der Waals surface area contributed by atoms with Gasteiger partial charge in [-0.1, -0.05) is 13.8 Å². The fraction of sp³-hybridized carbons (Fsp3) is 0.647. The highest BCUT2D eigenvalue weighted by Gasteiger charge is 2.27. The first kappa shape index (κ1) is 18.7. The molecule has 0 atom stereocenters. The van der Waals surface area contributed by atoms with Gasteiger partial charge < -0.3 is 15.1 Å². The van der Waals surface area contributed by atoms with Crippen LogP contribution in [0.4, 0.5) is 9.80 Å². The largest absolute Gasteiger partial charge is 0.355 e. The Morgan fingerprint density at radius 3 is 2.58 bits per heavy atom. The summed E-state index contributed by atoms with van der Waals surface area (Å²) in [6, 6.07) is 3.73. The van der Waals surface area contributed by atoms with E-state index in [1.165, 1.54) is 11.3 Å². The third kappa shape index (κ3) is 5.49. The molecular formula is C17H28N4O2S. The van der Waals surface area contributed by atoms with Crippen LogP contribution in [0.25, 0.3) is 0 Å². The zero-order chi connectivity index (χ0) is 17.4. The molecule has 1 aliphatic rings. The lowest BCUT2D eigenvalue weighted by Gasteiger charge is -2.31. The lowest BCUT2D eigenvalue weighted by molar-refractivity contribution is -0.126. The number of nitrogens with zero attached hydrogens (tertiary/aromatic N) is 2. The third-order valence-electron chi connectivity index (χ3n) is 4.53. The molecule has 0 saturated carbocycles. The standard InChI is InChI=1S/C17H28N4O2S/c1-3-20(4-2)12-9-18-16(22)14-7-10-21(11-8-14)17(23)19-15-6-5-13-24-15/h5-6,13-14H,3-4,7-12H2,1-2H3,(H,18,22)(H,19,23). The van der Waals surface area contributed by atoms with Crippen molar-refractivity contribution in [1.82, 2.24) is 15.1 Å². The smallest absolute Gasteiger partial charge is 0.322 e. The second kappa shape index (κ2) is 9.64. The van der Waals surface area contributed by atoms with Crippen molar-refractivity contribution in [2.24, 2.45) is 5.92 Å². The number of likely N-dealkylation sites (tertiary alicyclic amines) is 1. The van der Waals surface area contributed by atoms with E-state index in [1.54, 1.807) is 4.90 Å². The average molecular weight is 353 g/mol. The molecule has 2 rings (SSSR count). The van der Waals surface area contributed by atoms with Gasteiger partial charge in [0.1, 0.15) is 0 Å². The van der Waals surface area contributed by atoms with Gasteiger partial charge in [0.25, 0.3) is 0 Å². The summed E-state index contributed by atoms with van der Waals surface area (Å²) in [4.78, 5) is 28.5. The van der Waals surface area contributed by atoms with E-state index in [-0.39, 0.29) is 17.9 Å². The normalized spacial score (nSPS) is 15.5. The second-order valence-corrected chi connectivity index (χ2v) is 6.93. The Morgan fingerprint density at radius 1 is 1.29 bits per heavy atom. The molecule has 1 aliphatic heterocycles. The van der Waals surface area contributed by atoms with Crippen LogP contribution in [0, 0.1) is 5.92 Å². The first-order chi connectivity index (χ1) is 11.6. The summed E-state index contributed by atoms with van der Waals surface area (Å²) in [5, 5.41) is 8.72. The van der Waals surface area contributed by atoms with Crippen LogP contribution in [0.3, 0.4) is 0 Å². The Hall–Kier alpha value is -1.60. The first-order valence-electron chi connectivity index (χ1n) is 8.73. The molecule has 7 heteroatoms. The van der Waals surface area contributed by atoms with E-state index in [0.717, 1.165) is 37.5 Å². The highest BCUT2D eigenvalue weighted by Crippen LogP contribution is 2.20. The zero-order valence-corrected chi connectivity index (χ0v) is 15.4. The van der Waals surface area contributed by atoms with Crippen LogP contribution in [0.2, 0.25) is 0 Å². The van der Waals surface area contributed by atoms with E-state index >= 15 is 0 Å². The Balaban J connectivity index is 1.68. The predicted molar refractivity (Wildman–Crippen MR) is 98.4 cm³/mol. The maximum Gasteiger partial charge on any atom is 0.322 e. The Labute approximate surface area is 148 Å². The molecule has 0 bridgehead atoms. The molecule has 1 aromatic heterocycles. The number of anilines is 1. The molecule has 1 aromatic rings. The summed E-state index contributed by atoms with van der Waals surface area (Å²) in [5.41, 5.74) is 0. The minimum Gasteiger partial charge on any atom is -0.355 e. The molecule has 2 N–H and O–H groups in total. The van der Waals surface area contributed by atoms with E-state index in [4.69, 9.17) is 0 Å². The van der Waals surface area contributed by atoms with E-state index < -0.39 is 0 Å². The lowest BCUT2D eigenvalue weighted by atomic mass is 9.96. The number of amides is 3. The van der Waals surface area contributed by atoms with Gasteiger partial charge in [-0.2, -0.15) is 0 Å². The van der Waals surface area contributed by atoms with Gasteiger partial charge in [-0.3, -0.25) is 10.1 Å². The minimum absolute atomic E-state index is 0.0208. The number of hydrogen-bond acceptors (Lipinski definition) is 4. The number of carbonyl (C=O) groups is 2. The van der Waals surface area contributed by atoms with Crippen molar-refractivity contribution in [2.75, 3.05) is 44.6 Å². The number of likely N-dealkylation sites (N-methyl/N-ethyl adjacent to an activating group) is 1. The van der Waals surface area contributed by atoms with Crippen LogP contribution in [0.15, 0.2) is 17.5 Å². The third-order valence-corrected chi connectivity index (χ3v) is 5.31. The molecule has 6 nitrogen and oxygen atoms in total. The number of rotatable bonds is 7. The van der Waals surface area contributed by atoms with Crippen molar-refractivity contribution in [1.29, 1.82) is 0 Å². The molecule has 1 fully saturated rings. The molecule has 24 heavy (non-hydrogen) atoms. The number of thiophene rings is 1. The van der Waals surface area contributed by atoms with Crippen molar-refractivity contribution in [3.8, 4) is 0 Å². The van der Waals surface area contributed by atoms with Gasteiger partial charge in [0.15, 0.2) is 0 Å². The molecule has 0 unspecified atom stereocenters. The molecule has 134 valence electrons. The average Bonchev–Trinajstić information content (AvgIpc) is 3.11. The van der Waals surface area contributed by atoms with Gasteiger partial charge in [-0.05, 0) is 43.4 Å². The number of hydrogen-bond donors (Lipinski definition) is 2. The van der Waals surface area contributed by atoms with Crippen LogP contribution >= 0.6 is 11.3 Å². The summed E-state index contributed by atoms with van der Waals surface area (Å²) in [6.07, 6.45) is 1.46. The molecule has 0 spiro atoms. The molecule has 0 radical (unpaired) electrons. The fourth-order valence-electron chi connectivity index (χ4n) is 2.90. The van der Waals surface area contributed by atoms with E-state index in [2.05, 4.69) is 29.4 Å². The van der Waals surface area contributed by atoms with Crippen molar-refractivity contribution >= 4 is 28.3 Å². The molecule has 0 aromatic carbocycles. The van der Waals surface area contributed by atoms with Crippen LogP contribution in [-0.4, -0.2) is 61.0 Å².